The number of amides is 1. The predicted octanol–water partition coefficient (Wildman–Crippen LogP) is 2.65. The molecule has 0 bridgehead atoms. The summed E-state index contributed by atoms with van der Waals surface area (Å²) in [4.78, 5) is 29.3. The van der Waals surface area contributed by atoms with E-state index in [-0.39, 0.29) is 22.8 Å². The van der Waals surface area contributed by atoms with Crippen molar-refractivity contribution in [2.75, 3.05) is 11.4 Å². The van der Waals surface area contributed by atoms with Crippen LogP contribution in [0, 0.1) is 5.82 Å². The predicted molar refractivity (Wildman–Crippen MR) is 76.0 cm³/mol. The number of rotatable bonds is 3. The number of fused-ring (bicyclic) bond motifs is 1. The van der Waals surface area contributed by atoms with E-state index in [1.54, 1.807) is 12.3 Å². The molecule has 0 aliphatic carbocycles. The van der Waals surface area contributed by atoms with Crippen LogP contribution < -0.4 is 4.90 Å². The molecule has 2 heterocycles. The van der Waals surface area contributed by atoms with Gasteiger partial charge in [0.25, 0.3) is 11.7 Å². The third-order valence-electron chi connectivity index (χ3n) is 3.33. The first-order chi connectivity index (χ1) is 10.1. The van der Waals surface area contributed by atoms with E-state index in [1.165, 1.54) is 11.0 Å². The molecule has 0 atom stereocenters. The second-order valence-electron chi connectivity index (χ2n) is 4.64. The van der Waals surface area contributed by atoms with E-state index in [4.69, 9.17) is 11.6 Å². The minimum atomic E-state index is -0.664. The molecule has 0 unspecified atom stereocenters. The third-order valence-corrected chi connectivity index (χ3v) is 3.62. The molecule has 1 amide bonds. The SMILES string of the molecule is O=C1C(=O)N(CCc2ccccn2)c2cc(F)c(Cl)cc21. The van der Waals surface area contributed by atoms with Crippen molar-refractivity contribution >= 4 is 29.0 Å². The van der Waals surface area contributed by atoms with Crippen LogP contribution in [-0.2, 0) is 11.2 Å². The maximum absolute atomic E-state index is 13.6. The molecule has 106 valence electrons. The molecular weight excluding hydrogens is 295 g/mol. The molecular formula is C15H10ClFN2O2. The molecule has 1 aliphatic heterocycles. The lowest BCUT2D eigenvalue weighted by molar-refractivity contribution is -0.114. The summed E-state index contributed by atoms with van der Waals surface area (Å²) in [6.45, 7) is 0.260. The molecule has 0 N–H and O–H groups in total. The van der Waals surface area contributed by atoms with Crippen LogP contribution in [0.5, 0.6) is 0 Å². The molecule has 0 radical (unpaired) electrons. The van der Waals surface area contributed by atoms with E-state index in [2.05, 4.69) is 4.98 Å². The lowest BCUT2D eigenvalue weighted by atomic mass is 10.1. The molecule has 0 fully saturated rings. The number of hydrogen-bond acceptors (Lipinski definition) is 3. The summed E-state index contributed by atoms with van der Waals surface area (Å²) in [5.41, 5.74) is 1.20. The highest BCUT2D eigenvalue weighted by Gasteiger charge is 2.36. The Hall–Kier alpha value is -2.27. The summed E-state index contributed by atoms with van der Waals surface area (Å²) in [6.07, 6.45) is 2.13. The lowest BCUT2D eigenvalue weighted by Crippen LogP contribution is -2.31. The average molecular weight is 305 g/mol. The fourth-order valence-corrected chi connectivity index (χ4v) is 2.45. The van der Waals surface area contributed by atoms with Gasteiger partial charge in [0.15, 0.2) is 0 Å². The molecule has 1 aromatic carbocycles. The summed E-state index contributed by atoms with van der Waals surface area (Å²) in [7, 11) is 0. The molecule has 1 aromatic heterocycles. The smallest absolute Gasteiger partial charge is 0.299 e. The number of pyridine rings is 1. The van der Waals surface area contributed by atoms with Crippen LogP contribution in [0.2, 0.25) is 5.02 Å². The van der Waals surface area contributed by atoms with Crippen molar-refractivity contribution in [1.82, 2.24) is 4.98 Å². The fraction of sp³-hybridized carbons (Fsp3) is 0.133. The number of nitrogens with zero attached hydrogens (tertiary/aromatic N) is 2. The summed E-state index contributed by atoms with van der Waals surface area (Å²) in [5, 5.41) is -0.165. The Morgan fingerprint density at radius 2 is 2.05 bits per heavy atom. The van der Waals surface area contributed by atoms with E-state index in [1.807, 2.05) is 12.1 Å². The number of carbonyl (C=O) groups excluding carboxylic acids is 2. The molecule has 0 saturated heterocycles. The molecule has 6 heteroatoms. The van der Waals surface area contributed by atoms with Gasteiger partial charge in [-0.15, -0.1) is 0 Å². The fourth-order valence-electron chi connectivity index (χ4n) is 2.28. The Kier molecular flexibility index (Phi) is 3.43. The third kappa shape index (κ3) is 2.40. The largest absolute Gasteiger partial charge is 0.304 e. The Labute approximate surface area is 125 Å². The van der Waals surface area contributed by atoms with Crippen LogP contribution in [0.3, 0.4) is 0 Å². The Balaban J connectivity index is 1.89. The maximum Gasteiger partial charge on any atom is 0.299 e. The summed E-state index contributed by atoms with van der Waals surface area (Å²) < 4.78 is 13.6. The zero-order valence-corrected chi connectivity index (χ0v) is 11.6. The quantitative estimate of drug-likeness (QED) is 0.819. The van der Waals surface area contributed by atoms with Gasteiger partial charge in [0.05, 0.1) is 16.3 Å². The van der Waals surface area contributed by atoms with Crippen molar-refractivity contribution in [3.05, 3.63) is 58.6 Å². The van der Waals surface area contributed by atoms with Gasteiger partial charge in [-0.05, 0) is 24.3 Å². The summed E-state index contributed by atoms with van der Waals surface area (Å²) in [5.74, 6) is -1.98. The van der Waals surface area contributed by atoms with E-state index in [0.717, 1.165) is 11.8 Å². The molecule has 21 heavy (non-hydrogen) atoms. The zero-order valence-electron chi connectivity index (χ0n) is 10.8. The minimum Gasteiger partial charge on any atom is -0.304 e. The van der Waals surface area contributed by atoms with Gasteiger partial charge in [0, 0.05) is 24.9 Å². The highest BCUT2D eigenvalue weighted by Crippen LogP contribution is 2.33. The topological polar surface area (TPSA) is 50.3 Å². The zero-order chi connectivity index (χ0) is 15.0. The summed E-state index contributed by atoms with van der Waals surface area (Å²) >= 11 is 5.66. The van der Waals surface area contributed by atoms with Gasteiger partial charge in [-0.25, -0.2) is 4.39 Å². The number of ketones is 1. The normalized spacial score (nSPS) is 13.7. The summed E-state index contributed by atoms with van der Waals surface area (Å²) in [6, 6.07) is 7.78. The number of benzene rings is 1. The number of Topliss-reactive ketones (excluding diaryl/α,β-unsaturated/α-hetero) is 1. The first-order valence-corrected chi connectivity index (χ1v) is 6.71. The number of halogens is 2. The van der Waals surface area contributed by atoms with Gasteiger partial charge >= 0.3 is 0 Å². The molecule has 0 spiro atoms. The number of hydrogen-bond donors (Lipinski definition) is 0. The molecule has 4 nitrogen and oxygen atoms in total. The van der Waals surface area contributed by atoms with Gasteiger partial charge in [-0.1, -0.05) is 17.7 Å². The van der Waals surface area contributed by atoms with Gasteiger partial charge in [0.2, 0.25) is 0 Å². The molecule has 1 aliphatic rings. The molecule has 3 rings (SSSR count). The molecule has 0 saturated carbocycles. The van der Waals surface area contributed by atoms with E-state index in [9.17, 15) is 14.0 Å². The van der Waals surface area contributed by atoms with Crippen molar-refractivity contribution in [3.63, 3.8) is 0 Å². The first-order valence-electron chi connectivity index (χ1n) is 6.33. The number of aromatic nitrogens is 1. The number of carbonyl (C=O) groups is 2. The van der Waals surface area contributed by atoms with E-state index in [0.29, 0.717) is 6.42 Å². The van der Waals surface area contributed by atoms with Crippen molar-refractivity contribution in [2.24, 2.45) is 0 Å². The molecule has 2 aromatic rings. The Morgan fingerprint density at radius 1 is 1.24 bits per heavy atom. The Bertz CT molecular complexity index is 734. The number of anilines is 1. The minimum absolute atomic E-state index is 0.146. The average Bonchev–Trinajstić information content (AvgIpc) is 2.71. The second kappa shape index (κ2) is 5.26. The van der Waals surface area contributed by atoms with Gasteiger partial charge in [0.1, 0.15) is 5.82 Å². The van der Waals surface area contributed by atoms with Crippen LogP contribution in [-0.4, -0.2) is 23.2 Å². The van der Waals surface area contributed by atoms with Crippen LogP contribution in [0.25, 0.3) is 0 Å². The standard InChI is InChI=1S/C15H10ClFN2O2/c16-11-7-10-13(8-12(11)17)19(15(21)14(10)20)6-4-9-3-1-2-5-18-9/h1-3,5,7-8H,4,6H2. The Morgan fingerprint density at radius 3 is 2.76 bits per heavy atom. The van der Waals surface area contributed by atoms with Gasteiger partial charge in [-0.2, -0.15) is 0 Å². The van der Waals surface area contributed by atoms with Gasteiger partial charge < -0.3 is 4.90 Å². The van der Waals surface area contributed by atoms with E-state index < -0.39 is 17.5 Å². The van der Waals surface area contributed by atoms with Crippen molar-refractivity contribution < 1.29 is 14.0 Å². The van der Waals surface area contributed by atoms with E-state index >= 15 is 0 Å². The van der Waals surface area contributed by atoms with Crippen LogP contribution in [0.4, 0.5) is 10.1 Å². The second-order valence-corrected chi connectivity index (χ2v) is 5.05. The van der Waals surface area contributed by atoms with Crippen molar-refractivity contribution in [2.45, 2.75) is 6.42 Å². The van der Waals surface area contributed by atoms with Crippen LogP contribution >= 0.6 is 11.6 Å². The highest BCUT2D eigenvalue weighted by molar-refractivity contribution is 6.52. The lowest BCUT2D eigenvalue weighted by Gasteiger charge is -2.16. The monoisotopic (exact) mass is 304 g/mol. The van der Waals surface area contributed by atoms with Crippen molar-refractivity contribution in [3.8, 4) is 0 Å². The highest BCUT2D eigenvalue weighted by atomic mass is 35.5. The maximum atomic E-state index is 13.6. The van der Waals surface area contributed by atoms with Crippen LogP contribution in [0.15, 0.2) is 36.5 Å². The van der Waals surface area contributed by atoms with Crippen LogP contribution in [0.1, 0.15) is 16.1 Å². The van der Waals surface area contributed by atoms with Crippen molar-refractivity contribution in [1.29, 1.82) is 0 Å². The van der Waals surface area contributed by atoms with Gasteiger partial charge in [-0.3, -0.25) is 14.6 Å². The first kappa shape index (κ1) is 13.7.